The second-order valence-corrected chi connectivity index (χ2v) is 5.69. The van der Waals surface area contributed by atoms with Gasteiger partial charge >= 0.3 is 75.4 Å². The third-order valence-electron chi connectivity index (χ3n) is 1.38. The Kier molecular flexibility index (Phi) is 2.56. The second-order valence-electron chi connectivity index (χ2n) is 2.32. The van der Waals surface area contributed by atoms with E-state index in [4.69, 9.17) is 8.19 Å². The fourth-order valence-electron chi connectivity index (χ4n) is 0.788. The summed E-state index contributed by atoms with van der Waals surface area (Å²) in [5.41, 5.74) is -0.317. The first-order valence-corrected chi connectivity index (χ1v) is 6.60. The predicted octanol–water partition coefficient (Wildman–Crippen LogP) is -0.844. The van der Waals surface area contributed by atoms with Gasteiger partial charge in [-0.3, -0.25) is 0 Å². The zero-order valence-electron chi connectivity index (χ0n) is 6.32. The van der Waals surface area contributed by atoms with E-state index in [0.717, 1.165) is 6.07 Å². The number of nitro benzene ring substituents is 1. The molecule has 0 saturated carbocycles. The van der Waals surface area contributed by atoms with Gasteiger partial charge in [-0.1, -0.05) is 0 Å². The van der Waals surface area contributed by atoms with Crippen molar-refractivity contribution in [3.05, 3.63) is 34.4 Å². The summed E-state index contributed by atoms with van der Waals surface area (Å²) in [6.07, 6.45) is 0. The number of nitrogens with zero attached hydrogens (tertiary/aromatic N) is 1. The first kappa shape index (κ1) is 9.98. The van der Waals surface area contributed by atoms with Crippen LogP contribution >= 0.6 is 0 Å². The molecule has 0 amide bonds. The number of rotatable bonds is 2. The van der Waals surface area contributed by atoms with Crippen LogP contribution in [0.5, 0.6) is 0 Å². The van der Waals surface area contributed by atoms with Crippen LogP contribution in [0.2, 0.25) is 0 Å². The fourth-order valence-corrected chi connectivity index (χ4v) is 2.01. The minimum atomic E-state index is -4.99. The van der Waals surface area contributed by atoms with Crippen LogP contribution < -0.4 is 4.35 Å². The Morgan fingerprint density at radius 2 is 2.00 bits per heavy atom. The molecule has 0 aliphatic heterocycles. The Morgan fingerprint density at radius 3 is 2.46 bits per heavy atom. The predicted molar refractivity (Wildman–Crippen MR) is 43.6 cm³/mol. The number of nitro groups is 1. The average Bonchev–Trinajstić information content (AvgIpc) is 2.03. The molecular formula is C6H6AsNO5. The molecular weight excluding hydrogens is 241 g/mol. The van der Waals surface area contributed by atoms with Gasteiger partial charge in [0.2, 0.25) is 0 Å². The van der Waals surface area contributed by atoms with Crippen molar-refractivity contribution in [2.45, 2.75) is 0 Å². The molecule has 1 aromatic rings. The quantitative estimate of drug-likeness (QED) is 0.403. The van der Waals surface area contributed by atoms with Crippen LogP contribution in [0.25, 0.3) is 0 Å². The Morgan fingerprint density at radius 1 is 1.38 bits per heavy atom. The van der Waals surface area contributed by atoms with Crippen molar-refractivity contribution in [3.8, 4) is 0 Å². The normalized spacial score (nSPS) is 11.2. The molecule has 0 aliphatic rings. The van der Waals surface area contributed by atoms with Crippen molar-refractivity contribution in [1.29, 1.82) is 0 Å². The minimum absolute atomic E-state index is 0.285. The summed E-state index contributed by atoms with van der Waals surface area (Å²) in [7, 11) is 0. The summed E-state index contributed by atoms with van der Waals surface area (Å²) in [5.74, 6) is 0. The topological polar surface area (TPSA) is 101 Å². The maximum absolute atomic E-state index is 10.7. The molecule has 0 atom stereocenters. The molecule has 70 valence electrons. The molecule has 0 fully saturated rings. The van der Waals surface area contributed by atoms with Crippen LogP contribution in [0.3, 0.4) is 0 Å². The first-order valence-electron chi connectivity index (χ1n) is 3.22. The Bertz CT molecular complexity index is 384. The van der Waals surface area contributed by atoms with Crippen molar-refractivity contribution in [1.82, 2.24) is 0 Å². The summed E-state index contributed by atoms with van der Waals surface area (Å²) in [5, 5.41) is 10.2. The molecule has 0 spiro atoms. The molecule has 6 nitrogen and oxygen atoms in total. The third kappa shape index (κ3) is 2.42. The molecule has 0 radical (unpaired) electrons. The van der Waals surface area contributed by atoms with E-state index in [1.807, 2.05) is 0 Å². The summed E-state index contributed by atoms with van der Waals surface area (Å²) < 4.78 is 27.9. The van der Waals surface area contributed by atoms with Gasteiger partial charge in [-0.15, -0.1) is 0 Å². The van der Waals surface area contributed by atoms with E-state index in [9.17, 15) is 13.9 Å². The third-order valence-corrected chi connectivity index (χ3v) is 3.37. The monoisotopic (exact) mass is 247 g/mol. The van der Waals surface area contributed by atoms with E-state index in [1.165, 1.54) is 18.2 Å². The molecule has 0 aliphatic carbocycles. The van der Waals surface area contributed by atoms with E-state index in [-0.39, 0.29) is 10.0 Å². The van der Waals surface area contributed by atoms with Gasteiger partial charge in [0.15, 0.2) is 0 Å². The van der Waals surface area contributed by atoms with Crippen LogP contribution in [-0.4, -0.2) is 27.3 Å². The molecule has 0 heterocycles. The van der Waals surface area contributed by atoms with Crippen molar-refractivity contribution >= 4 is 24.2 Å². The van der Waals surface area contributed by atoms with Gasteiger partial charge in [-0.25, -0.2) is 0 Å². The Balaban J connectivity index is 3.21. The molecule has 1 rings (SSSR count). The molecule has 0 unspecified atom stereocenters. The second kappa shape index (κ2) is 3.33. The van der Waals surface area contributed by atoms with Crippen LogP contribution in [0, 0.1) is 10.1 Å². The summed E-state index contributed by atoms with van der Waals surface area (Å²) in [6, 6.07) is 4.48. The number of hydrogen-bond donors (Lipinski definition) is 2. The summed E-state index contributed by atoms with van der Waals surface area (Å²) >= 11 is -4.99. The van der Waals surface area contributed by atoms with E-state index in [2.05, 4.69) is 0 Å². The zero-order valence-corrected chi connectivity index (χ0v) is 8.20. The van der Waals surface area contributed by atoms with Crippen LogP contribution in [0.4, 0.5) is 5.69 Å². The van der Waals surface area contributed by atoms with Gasteiger partial charge in [0, 0.05) is 0 Å². The molecule has 7 heteroatoms. The van der Waals surface area contributed by atoms with Gasteiger partial charge in [0.05, 0.1) is 0 Å². The molecule has 13 heavy (non-hydrogen) atoms. The van der Waals surface area contributed by atoms with Gasteiger partial charge in [0.1, 0.15) is 0 Å². The fraction of sp³-hybridized carbons (Fsp3) is 0. The molecule has 1 aromatic carbocycles. The Labute approximate surface area is 76.0 Å². The summed E-state index contributed by atoms with van der Waals surface area (Å²) in [6.45, 7) is 0. The van der Waals surface area contributed by atoms with Gasteiger partial charge in [-0.05, 0) is 0 Å². The SMILES string of the molecule is O=[N+]([O-])c1cccc([As](=O)(O)O)c1. The standard InChI is InChI=1S/C6H6AsNO5/c9-7(10,11)5-2-1-3-6(4-5)8(12)13/h1-4H,(H2,9,10,11). The van der Waals surface area contributed by atoms with Crippen LogP contribution in [0.15, 0.2) is 24.3 Å². The Hall–Kier alpha value is -1.10. The van der Waals surface area contributed by atoms with Crippen molar-refractivity contribution in [2.24, 2.45) is 0 Å². The van der Waals surface area contributed by atoms with Gasteiger partial charge in [0.25, 0.3) is 0 Å². The number of hydrogen-bond acceptors (Lipinski definition) is 3. The van der Waals surface area contributed by atoms with Crippen molar-refractivity contribution < 1.29 is 16.9 Å². The van der Waals surface area contributed by atoms with E-state index < -0.39 is 19.1 Å². The molecule has 0 bridgehead atoms. The van der Waals surface area contributed by atoms with Gasteiger partial charge < -0.3 is 0 Å². The first-order chi connectivity index (χ1) is 5.91. The van der Waals surface area contributed by atoms with E-state index in [1.54, 1.807) is 0 Å². The molecule has 0 aromatic heterocycles. The number of benzene rings is 1. The van der Waals surface area contributed by atoms with E-state index in [0.29, 0.717) is 0 Å². The van der Waals surface area contributed by atoms with Crippen molar-refractivity contribution in [2.75, 3.05) is 0 Å². The maximum atomic E-state index is 10.7. The molecule has 2 N–H and O–H groups in total. The average molecular weight is 247 g/mol. The van der Waals surface area contributed by atoms with Gasteiger partial charge in [-0.2, -0.15) is 0 Å². The number of non-ortho nitro benzene ring substituents is 1. The van der Waals surface area contributed by atoms with E-state index >= 15 is 0 Å². The summed E-state index contributed by atoms with van der Waals surface area (Å²) in [4.78, 5) is 9.54. The zero-order chi connectivity index (χ0) is 10.1. The van der Waals surface area contributed by atoms with Crippen molar-refractivity contribution in [3.63, 3.8) is 0 Å². The van der Waals surface area contributed by atoms with Crippen LogP contribution in [0.1, 0.15) is 0 Å². The molecule has 0 saturated heterocycles. The van der Waals surface area contributed by atoms with Crippen LogP contribution in [-0.2, 0) is 3.74 Å².